The van der Waals surface area contributed by atoms with Crippen molar-refractivity contribution in [1.82, 2.24) is 25.1 Å². The van der Waals surface area contributed by atoms with Gasteiger partial charge < -0.3 is 10.2 Å². The first-order valence-corrected chi connectivity index (χ1v) is 8.41. The van der Waals surface area contributed by atoms with Crippen LogP contribution < -0.4 is 10.2 Å². The molecule has 1 amide bonds. The Hall–Kier alpha value is -2.39. The van der Waals surface area contributed by atoms with Crippen LogP contribution in [0.25, 0.3) is 5.65 Å². The van der Waals surface area contributed by atoms with Crippen LogP contribution in [-0.4, -0.2) is 44.3 Å². The van der Waals surface area contributed by atoms with Gasteiger partial charge in [-0.1, -0.05) is 0 Å². The van der Waals surface area contributed by atoms with Crippen LogP contribution in [0.5, 0.6) is 0 Å². The van der Waals surface area contributed by atoms with Gasteiger partial charge in [0.05, 0.1) is 5.92 Å². The highest BCUT2D eigenvalue weighted by Crippen LogP contribution is 2.28. The van der Waals surface area contributed by atoms with E-state index in [2.05, 4.69) is 20.6 Å². The molecule has 2 aromatic heterocycles. The van der Waals surface area contributed by atoms with Gasteiger partial charge in [0.2, 0.25) is 5.91 Å². The Labute approximate surface area is 148 Å². The summed E-state index contributed by atoms with van der Waals surface area (Å²) in [5, 5.41) is 13.7. The minimum absolute atomic E-state index is 0.0279. The van der Waals surface area contributed by atoms with E-state index in [1.807, 2.05) is 25.7 Å². The number of anilines is 1. The maximum Gasteiger partial charge on any atom is 0.453 e. The Bertz CT molecular complexity index is 810. The molecule has 0 aromatic carbocycles. The van der Waals surface area contributed by atoms with Gasteiger partial charge in [0.25, 0.3) is 5.82 Å². The number of carbonyl (C=O) groups is 1. The summed E-state index contributed by atoms with van der Waals surface area (Å²) in [5.74, 6) is -1.07. The van der Waals surface area contributed by atoms with Crippen molar-refractivity contribution in [2.75, 3.05) is 18.0 Å². The summed E-state index contributed by atoms with van der Waals surface area (Å²) in [6.45, 7) is 6.76. The zero-order chi connectivity index (χ0) is 19.1. The van der Waals surface area contributed by atoms with Crippen molar-refractivity contribution < 1.29 is 18.0 Å². The summed E-state index contributed by atoms with van der Waals surface area (Å²) in [5.41, 5.74) is -0.305. The lowest BCUT2D eigenvalue weighted by Crippen LogP contribution is -2.49. The maximum absolute atomic E-state index is 13.0. The van der Waals surface area contributed by atoms with Crippen molar-refractivity contribution in [1.29, 1.82) is 0 Å². The molecule has 3 rings (SSSR count). The molecule has 1 aliphatic heterocycles. The molecule has 0 spiro atoms. The number of alkyl halides is 3. The fourth-order valence-corrected chi connectivity index (χ4v) is 3.00. The minimum Gasteiger partial charge on any atom is -0.354 e. The molecule has 1 unspecified atom stereocenters. The van der Waals surface area contributed by atoms with Crippen LogP contribution in [0.4, 0.5) is 19.0 Å². The molecular weight excluding hydrogens is 349 g/mol. The minimum atomic E-state index is -4.64. The Balaban J connectivity index is 1.83. The van der Waals surface area contributed by atoms with E-state index in [-0.39, 0.29) is 23.0 Å². The SMILES string of the molecule is CC(C)(C)NC(=O)C1CCCN(c2ccc3nnc(C(F)(F)F)n3n2)C1. The van der Waals surface area contributed by atoms with Crippen LogP contribution in [0, 0.1) is 5.92 Å². The number of fused-ring (bicyclic) bond motifs is 1. The van der Waals surface area contributed by atoms with Gasteiger partial charge >= 0.3 is 6.18 Å². The highest BCUT2D eigenvalue weighted by molar-refractivity contribution is 5.80. The van der Waals surface area contributed by atoms with E-state index in [0.717, 1.165) is 12.8 Å². The number of nitrogens with one attached hydrogen (secondary N) is 1. The second-order valence-corrected chi connectivity index (χ2v) is 7.51. The summed E-state index contributed by atoms with van der Waals surface area (Å²) < 4.78 is 39.8. The second-order valence-electron chi connectivity index (χ2n) is 7.51. The normalized spacial score (nSPS) is 19.0. The van der Waals surface area contributed by atoms with Crippen molar-refractivity contribution in [3.05, 3.63) is 18.0 Å². The molecule has 0 saturated carbocycles. The average Bonchev–Trinajstić information content (AvgIpc) is 2.96. The van der Waals surface area contributed by atoms with Gasteiger partial charge in [0.1, 0.15) is 5.82 Å². The smallest absolute Gasteiger partial charge is 0.354 e. The molecule has 1 saturated heterocycles. The van der Waals surface area contributed by atoms with Gasteiger partial charge in [-0.05, 0) is 45.7 Å². The largest absolute Gasteiger partial charge is 0.453 e. The summed E-state index contributed by atoms with van der Waals surface area (Å²) in [6, 6.07) is 3.05. The molecule has 1 N–H and O–H groups in total. The Morgan fingerprint density at radius 3 is 2.62 bits per heavy atom. The maximum atomic E-state index is 13.0. The first kappa shape index (κ1) is 18.4. The number of rotatable bonds is 2. The van der Waals surface area contributed by atoms with E-state index in [1.165, 1.54) is 6.07 Å². The zero-order valence-electron chi connectivity index (χ0n) is 14.8. The molecule has 7 nitrogen and oxygen atoms in total. The van der Waals surface area contributed by atoms with E-state index in [9.17, 15) is 18.0 Å². The molecule has 0 radical (unpaired) electrons. The summed E-state index contributed by atoms with van der Waals surface area (Å²) in [7, 11) is 0. The molecule has 3 heterocycles. The Kier molecular flexibility index (Phi) is 4.53. The quantitative estimate of drug-likeness (QED) is 0.878. The van der Waals surface area contributed by atoms with Crippen molar-refractivity contribution in [3.8, 4) is 0 Å². The lowest BCUT2D eigenvalue weighted by molar-refractivity contribution is -0.146. The van der Waals surface area contributed by atoms with Crippen LogP contribution >= 0.6 is 0 Å². The van der Waals surface area contributed by atoms with Crippen LogP contribution in [0.3, 0.4) is 0 Å². The first-order valence-electron chi connectivity index (χ1n) is 8.41. The molecule has 0 aliphatic carbocycles. The third kappa shape index (κ3) is 3.88. The molecule has 1 fully saturated rings. The standard InChI is InChI=1S/C16H21F3N6O/c1-15(2,3)20-13(26)10-5-4-8-24(9-10)12-7-6-11-21-22-14(16(17,18)19)25(11)23-12/h6-7,10H,4-5,8-9H2,1-3H3,(H,20,26). The van der Waals surface area contributed by atoms with Crippen molar-refractivity contribution >= 4 is 17.4 Å². The molecule has 1 aliphatic rings. The summed E-state index contributed by atoms with van der Waals surface area (Å²) in [4.78, 5) is 14.2. The number of halogens is 3. The Morgan fingerprint density at radius 2 is 1.96 bits per heavy atom. The number of nitrogens with zero attached hydrogens (tertiary/aromatic N) is 5. The molecule has 26 heavy (non-hydrogen) atoms. The number of piperidine rings is 1. The predicted molar refractivity (Wildman–Crippen MR) is 88.6 cm³/mol. The molecule has 0 bridgehead atoms. The van der Waals surface area contributed by atoms with Gasteiger partial charge in [0.15, 0.2) is 5.65 Å². The van der Waals surface area contributed by atoms with E-state index in [0.29, 0.717) is 23.4 Å². The van der Waals surface area contributed by atoms with E-state index < -0.39 is 12.0 Å². The molecule has 2 aromatic rings. The van der Waals surface area contributed by atoms with Gasteiger partial charge in [-0.2, -0.15) is 17.7 Å². The van der Waals surface area contributed by atoms with Gasteiger partial charge in [-0.25, -0.2) is 0 Å². The van der Waals surface area contributed by atoms with Crippen LogP contribution in [0.15, 0.2) is 12.1 Å². The average molecular weight is 370 g/mol. The van der Waals surface area contributed by atoms with Crippen LogP contribution in [0.2, 0.25) is 0 Å². The van der Waals surface area contributed by atoms with E-state index in [4.69, 9.17) is 0 Å². The summed E-state index contributed by atoms with van der Waals surface area (Å²) in [6.07, 6.45) is -3.14. The number of hydrogen-bond donors (Lipinski definition) is 1. The highest BCUT2D eigenvalue weighted by Gasteiger charge is 2.38. The van der Waals surface area contributed by atoms with E-state index >= 15 is 0 Å². The Morgan fingerprint density at radius 1 is 1.23 bits per heavy atom. The fraction of sp³-hybridized carbons (Fsp3) is 0.625. The van der Waals surface area contributed by atoms with Crippen molar-refractivity contribution in [3.63, 3.8) is 0 Å². The van der Waals surface area contributed by atoms with Gasteiger partial charge in [-0.15, -0.1) is 15.3 Å². The van der Waals surface area contributed by atoms with Gasteiger partial charge in [-0.3, -0.25) is 4.79 Å². The van der Waals surface area contributed by atoms with Crippen molar-refractivity contribution in [2.45, 2.75) is 45.3 Å². The van der Waals surface area contributed by atoms with Crippen LogP contribution in [-0.2, 0) is 11.0 Å². The monoisotopic (exact) mass is 370 g/mol. The second kappa shape index (κ2) is 6.40. The highest BCUT2D eigenvalue weighted by atomic mass is 19.4. The third-order valence-electron chi connectivity index (χ3n) is 4.12. The molecule has 10 heteroatoms. The molecule has 1 atom stereocenters. The van der Waals surface area contributed by atoms with Crippen LogP contribution in [0.1, 0.15) is 39.4 Å². The number of carbonyl (C=O) groups excluding carboxylic acids is 1. The topological polar surface area (TPSA) is 75.4 Å². The number of amides is 1. The number of aromatic nitrogens is 4. The molecule has 142 valence electrons. The summed E-state index contributed by atoms with van der Waals surface area (Å²) >= 11 is 0. The first-order chi connectivity index (χ1) is 12.0. The predicted octanol–water partition coefficient (Wildman–Crippen LogP) is 2.27. The van der Waals surface area contributed by atoms with Crippen molar-refractivity contribution in [2.24, 2.45) is 5.92 Å². The molecular formula is C16H21F3N6O. The van der Waals surface area contributed by atoms with E-state index in [1.54, 1.807) is 6.07 Å². The fourth-order valence-electron chi connectivity index (χ4n) is 3.00. The number of hydrogen-bond acceptors (Lipinski definition) is 5. The lowest BCUT2D eigenvalue weighted by atomic mass is 9.95. The third-order valence-corrected chi connectivity index (χ3v) is 4.12. The zero-order valence-corrected chi connectivity index (χ0v) is 14.8. The van der Waals surface area contributed by atoms with Gasteiger partial charge in [0, 0.05) is 18.6 Å². The lowest BCUT2D eigenvalue weighted by Gasteiger charge is -2.34.